The Kier molecular flexibility index (Phi) is 2.02. The third kappa shape index (κ3) is 1.91. The van der Waals surface area contributed by atoms with Crippen LogP contribution in [-0.4, -0.2) is 0 Å². The molecule has 0 aromatic heterocycles. The third-order valence-electron chi connectivity index (χ3n) is 1.23. The van der Waals surface area contributed by atoms with Gasteiger partial charge in [-0.1, -0.05) is 30.3 Å². The molecule has 1 atom stereocenters. The molecule has 0 radical (unpaired) electrons. The van der Waals surface area contributed by atoms with Crippen LogP contribution in [0.2, 0.25) is 0 Å². The maximum absolute atomic E-state index is 8.33. The largest absolute Gasteiger partial charge is 0.198 e. The fourth-order valence-electron chi connectivity index (χ4n) is 0.753. The van der Waals surface area contributed by atoms with Crippen molar-refractivity contribution in [2.45, 2.75) is 12.8 Å². The van der Waals surface area contributed by atoms with E-state index in [0.717, 1.165) is 5.56 Å². The number of hydrogen-bond acceptors (Lipinski definition) is 1. The maximum Gasteiger partial charge on any atom is 0.0625 e. The monoisotopic (exact) mass is 132 g/mol. The van der Waals surface area contributed by atoms with Gasteiger partial charge in [0.2, 0.25) is 0 Å². The van der Waals surface area contributed by atoms with E-state index in [1.807, 2.05) is 36.4 Å². The van der Waals surface area contributed by atoms with Gasteiger partial charge in [0.15, 0.2) is 0 Å². The van der Waals surface area contributed by atoms with Crippen LogP contribution in [-0.2, 0) is 6.40 Å². The van der Waals surface area contributed by atoms with Gasteiger partial charge in [0.05, 0.1) is 6.07 Å². The van der Waals surface area contributed by atoms with Gasteiger partial charge in [-0.15, -0.1) is 0 Å². The Hall–Kier alpha value is -1.29. The van der Waals surface area contributed by atoms with Crippen LogP contribution < -0.4 is 0 Å². The van der Waals surface area contributed by atoms with Gasteiger partial charge in [0, 0.05) is 7.79 Å². The lowest BCUT2D eigenvalue weighted by atomic mass is 10.1. The van der Waals surface area contributed by atoms with Crippen molar-refractivity contribution in [2.24, 2.45) is 0 Å². The van der Waals surface area contributed by atoms with E-state index in [0.29, 0.717) is 0 Å². The first-order chi connectivity index (χ1) is 5.34. The zero-order chi connectivity index (χ0) is 8.10. The van der Waals surface area contributed by atoms with Gasteiger partial charge in [-0.25, -0.2) is 0 Å². The molecule has 50 valence electrons. The Morgan fingerprint density at radius 3 is 2.70 bits per heavy atom. The first-order valence-electron chi connectivity index (χ1n) is 3.76. The zero-order valence-electron chi connectivity index (χ0n) is 6.62. The van der Waals surface area contributed by atoms with Gasteiger partial charge >= 0.3 is 0 Å². The van der Waals surface area contributed by atoms with Gasteiger partial charge in [-0.05, 0) is 12.0 Å². The summed E-state index contributed by atoms with van der Waals surface area (Å²) < 4.78 is 7.49. The normalized spacial score (nSPS) is 13.3. The van der Waals surface area contributed by atoms with Crippen molar-refractivity contribution in [2.75, 3.05) is 0 Å². The fourth-order valence-corrected chi connectivity index (χ4v) is 0.753. The molecular weight excluding hydrogens is 122 g/mol. The van der Waals surface area contributed by atoms with Crippen LogP contribution in [0.1, 0.15) is 13.4 Å². The molecule has 0 fully saturated rings. The highest BCUT2D eigenvalue weighted by atomic mass is 14.2. The van der Waals surface area contributed by atoms with Crippen LogP contribution in [0.25, 0.3) is 0 Å². The molecule has 10 heavy (non-hydrogen) atoms. The molecule has 1 aromatic carbocycles. The van der Waals surface area contributed by atoms with E-state index in [1.165, 1.54) is 0 Å². The Balaban J connectivity index is 2.70. The third-order valence-corrected chi connectivity index (χ3v) is 1.23. The number of rotatable bonds is 2. The minimum absolute atomic E-state index is 0.268. The summed E-state index contributed by atoms with van der Waals surface area (Å²) in [6, 6.07) is 11.4. The quantitative estimate of drug-likeness (QED) is 0.604. The topological polar surface area (TPSA) is 23.8 Å². The molecular formula is C9H9N. The lowest BCUT2D eigenvalue weighted by molar-refractivity contribution is 1.01. The molecule has 1 aromatic rings. The maximum atomic E-state index is 8.33. The molecule has 0 unspecified atom stereocenters. The number of benzene rings is 1. The highest BCUT2D eigenvalue weighted by Crippen LogP contribution is 2.00. The van der Waals surface area contributed by atoms with Crippen LogP contribution in [0.15, 0.2) is 30.3 Å². The van der Waals surface area contributed by atoms with Crippen molar-refractivity contribution >= 4 is 0 Å². The van der Waals surface area contributed by atoms with Crippen molar-refractivity contribution in [1.29, 1.82) is 5.26 Å². The van der Waals surface area contributed by atoms with E-state index < -0.39 is 0 Å². The second kappa shape index (κ2) is 3.68. The van der Waals surface area contributed by atoms with E-state index in [-0.39, 0.29) is 12.8 Å². The second-order valence-electron chi connectivity index (χ2n) is 1.98. The molecule has 0 N–H and O–H groups in total. The predicted molar refractivity (Wildman–Crippen MR) is 40.4 cm³/mol. The Labute approximate surface area is 62.3 Å². The lowest BCUT2D eigenvalue weighted by Crippen LogP contribution is -1.80. The van der Waals surface area contributed by atoms with Crippen LogP contribution in [0, 0.1) is 11.3 Å². The molecule has 0 amide bonds. The highest BCUT2D eigenvalue weighted by molar-refractivity contribution is 5.15. The SMILES string of the molecule is [2H][C@H](CC#N)c1ccccc1. The molecule has 1 heteroatoms. The number of nitriles is 1. The smallest absolute Gasteiger partial charge is 0.0625 e. The van der Waals surface area contributed by atoms with Gasteiger partial charge in [-0.3, -0.25) is 0 Å². The van der Waals surface area contributed by atoms with Crippen LogP contribution >= 0.6 is 0 Å². The van der Waals surface area contributed by atoms with Gasteiger partial charge < -0.3 is 0 Å². The number of hydrogen-bond donors (Lipinski definition) is 0. The van der Waals surface area contributed by atoms with Gasteiger partial charge in [0.1, 0.15) is 0 Å². The molecule has 0 aliphatic heterocycles. The molecule has 0 saturated heterocycles. The molecule has 0 aliphatic carbocycles. The first kappa shape index (κ1) is 5.49. The zero-order valence-corrected chi connectivity index (χ0v) is 5.62. The highest BCUT2D eigenvalue weighted by Gasteiger charge is 1.87. The van der Waals surface area contributed by atoms with Crippen LogP contribution in [0.3, 0.4) is 0 Å². The number of nitrogens with zero attached hydrogens (tertiary/aromatic N) is 1. The molecule has 0 aliphatic rings. The van der Waals surface area contributed by atoms with E-state index >= 15 is 0 Å². The van der Waals surface area contributed by atoms with Crippen molar-refractivity contribution in [1.82, 2.24) is 0 Å². The Morgan fingerprint density at radius 2 is 2.10 bits per heavy atom. The Bertz CT molecular complexity index is 250. The summed E-state index contributed by atoms with van der Waals surface area (Å²) in [5.41, 5.74) is 0.911. The summed E-state index contributed by atoms with van der Waals surface area (Å²) in [5.74, 6) is 0. The molecule has 0 spiro atoms. The Morgan fingerprint density at radius 1 is 1.40 bits per heavy atom. The van der Waals surface area contributed by atoms with Crippen LogP contribution in [0.5, 0.6) is 0 Å². The summed E-state index contributed by atoms with van der Waals surface area (Å²) >= 11 is 0. The van der Waals surface area contributed by atoms with Gasteiger partial charge in [0.25, 0.3) is 0 Å². The average Bonchev–Trinajstić information content (AvgIpc) is 2.07. The van der Waals surface area contributed by atoms with E-state index in [4.69, 9.17) is 6.63 Å². The van der Waals surface area contributed by atoms with Crippen molar-refractivity contribution in [3.05, 3.63) is 35.9 Å². The molecule has 1 nitrogen and oxygen atoms in total. The average molecular weight is 132 g/mol. The fraction of sp³-hybridized carbons (Fsp3) is 0.222. The van der Waals surface area contributed by atoms with Crippen molar-refractivity contribution in [3.63, 3.8) is 0 Å². The number of aryl methyl sites for hydroxylation is 1. The van der Waals surface area contributed by atoms with Crippen LogP contribution in [0.4, 0.5) is 0 Å². The minimum Gasteiger partial charge on any atom is -0.198 e. The molecule has 0 bridgehead atoms. The molecule has 1 rings (SSSR count). The predicted octanol–water partition coefficient (Wildman–Crippen LogP) is 2.14. The second-order valence-corrected chi connectivity index (χ2v) is 1.98. The first-order valence-corrected chi connectivity index (χ1v) is 3.18. The minimum atomic E-state index is -0.388. The van der Waals surface area contributed by atoms with Crippen molar-refractivity contribution < 1.29 is 1.37 Å². The standard InChI is InChI=1S/C9H9N/c10-8-4-7-9-5-2-1-3-6-9/h1-3,5-6H,4,7H2/i7D/t7-/m1/s1. The molecule has 0 heterocycles. The van der Waals surface area contributed by atoms with E-state index in [2.05, 4.69) is 0 Å². The summed E-state index contributed by atoms with van der Waals surface area (Å²) in [5, 5.41) is 8.33. The summed E-state index contributed by atoms with van der Waals surface area (Å²) in [7, 11) is 0. The lowest BCUT2D eigenvalue weighted by Gasteiger charge is -1.92. The summed E-state index contributed by atoms with van der Waals surface area (Å²) in [6.07, 6.45) is -0.120. The van der Waals surface area contributed by atoms with Gasteiger partial charge in [-0.2, -0.15) is 5.26 Å². The van der Waals surface area contributed by atoms with Crippen molar-refractivity contribution in [3.8, 4) is 6.07 Å². The van der Waals surface area contributed by atoms with E-state index in [9.17, 15) is 0 Å². The summed E-state index contributed by atoms with van der Waals surface area (Å²) in [4.78, 5) is 0. The van der Waals surface area contributed by atoms with E-state index in [1.54, 1.807) is 0 Å². The summed E-state index contributed by atoms with van der Waals surface area (Å²) in [6.45, 7) is 0. The molecule has 0 saturated carbocycles.